The molecule has 0 amide bonds. The molecule has 0 spiro atoms. The van der Waals surface area contributed by atoms with Crippen LogP contribution in [0.3, 0.4) is 0 Å². The lowest BCUT2D eigenvalue weighted by atomic mass is 10.6. The Morgan fingerprint density at radius 2 is 0.865 bits per heavy atom. The molecule has 0 fully saturated rings. The van der Waals surface area contributed by atoms with Crippen LogP contribution in [0.15, 0.2) is 76.3 Å². The average Bonchev–Trinajstić information content (AvgIpc) is 3.71. The van der Waals surface area contributed by atoms with E-state index in [9.17, 15) is 0 Å². The minimum absolute atomic E-state index is 1.04. The normalized spacial score (nSPS) is 22.6. The summed E-state index contributed by atoms with van der Waals surface area (Å²) in [6.07, 6.45) is 20.0. The van der Waals surface area contributed by atoms with E-state index in [1.807, 2.05) is 176 Å². The lowest BCUT2D eigenvalue weighted by Crippen LogP contribution is -1.73. The van der Waals surface area contributed by atoms with E-state index in [1.165, 1.54) is 46.6 Å². The molecular formula is C22H22S15. The molecule has 0 N–H and O–H groups in total. The van der Waals surface area contributed by atoms with E-state index >= 15 is 0 Å². The standard InChI is InChI=1S/C22H22S15/c1-23-17-18(24-2)33-13(32-17)7-6-12-28-10-16(31-12)29-11-30-22-21(27-5)36-15(37-22)9-8-14-34-19(25-3)20(26-4)35-14/h6-10H,11H2,1-5H3. The van der Waals surface area contributed by atoms with Crippen LogP contribution in [0.1, 0.15) is 0 Å². The SMILES string of the molecule is CSC1=C(SC)SC(=CC=C2SC=C(SCSC3=C(SC)SC(=CC=C4SC(SC)=C(SC)S4)S3)S2)S1. The summed E-state index contributed by atoms with van der Waals surface area (Å²) in [5, 5.41) is 3.35. The van der Waals surface area contributed by atoms with Crippen molar-refractivity contribution in [2.45, 2.75) is 0 Å². The molecule has 4 aliphatic rings. The Labute approximate surface area is 285 Å². The number of allylic oxidation sites excluding steroid dienone is 4. The van der Waals surface area contributed by atoms with E-state index in [1.54, 1.807) is 0 Å². The van der Waals surface area contributed by atoms with E-state index in [4.69, 9.17) is 0 Å². The third kappa shape index (κ3) is 9.84. The van der Waals surface area contributed by atoms with Gasteiger partial charge >= 0.3 is 0 Å². The van der Waals surface area contributed by atoms with Gasteiger partial charge in [0, 0.05) is 9.32 Å². The zero-order valence-electron chi connectivity index (χ0n) is 20.2. The molecule has 0 atom stereocenters. The van der Waals surface area contributed by atoms with Gasteiger partial charge in [-0.25, -0.2) is 0 Å². The lowest BCUT2D eigenvalue weighted by Gasteiger charge is -2.03. The predicted octanol–water partition coefficient (Wildman–Crippen LogP) is 13.7. The molecule has 4 rings (SSSR count). The Morgan fingerprint density at radius 3 is 1.30 bits per heavy atom. The number of hydrogen-bond donors (Lipinski definition) is 0. The minimum Gasteiger partial charge on any atom is -0.121 e. The van der Waals surface area contributed by atoms with Crippen molar-refractivity contribution in [3.8, 4) is 0 Å². The summed E-state index contributed by atoms with van der Waals surface area (Å²) < 4.78 is 15.5. The summed E-state index contributed by atoms with van der Waals surface area (Å²) in [6, 6.07) is 0. The first kappa shape index (κ1) is 33.1. The van der Waals surface area contributed by atoms with Crippen LogP contribution in [-0.2, 0) is 0 Å². The van der Waals surface area contributed by atoms with E-state index in [0.717, 1.165) is 5.08 Å². The summed E-state index contributed by atoms with van der Waals surface area (Å²) >= 11 is 28.4. The zero-order valence-corrected chi connectivity index (χ0v) is 32.5. The maximum absolute atomic E-state index is 2.31. The Bertz CT molecular complexity index is 1100. The summed E-state index contributed by atoms with van der Waals surface area (Å²) in [6.45, 7) is 0. The molecule has 0 nitrogen and oxygen atoms in total. The van der Waals surface area contributed by atoms with Crippen LogP contribution in [0.4, 0.5) is 0 Å². The molecule has 0 bridgehead atoms. The van der Waals surface area contributed by atoms with Crippen LogP contribution in [0.25, 0.3) is 0 Å². The minimum atomic E-state index is 1.04. The first-order valence-corrected chi connectivity index (χ1v) is 24.9. The molecule has 0 unspecified atom stereocenters. The van der Waals surface area contributed by atoms with Crippen molar-refractivity contribution in [2.24, 2.45) is 0 Å². The number of hydrogen-bond acceptors (Lipinski definition) is 15. The van der Waals surface area contributed by atoms with E-state index < -0.39 is 0 Å². The fraction of sp³-hybridized carbons (Fsp3) is 0.273. The second-order valence-electron chi connectivity index (χ2n) is 6.36. The van der Waals surface area contributed by atoms with Crippen molar-refractivity contribution in [1.82, 2.24) is 0 Å². The maximum atomic E-state index is 2.31. The van der Waals surface area contributed by atoms with E-state index in [-0.39, 0.29) is 0 Å². The highest BCUT2D eigenvalue weighted by Crippen LogP contribution is 2.60. The van der Waals surface area contributed by atoms with E-state index in [2.05, 4.69) is 61.0 Å². The smallest absolute Gasteiger partial charge is 0.0667 e. The van der Waals surface area contributed by atoms with Crippen LogP contribution < -0.4 is 0 Å². The van der Waals surface area contributed by atoms with Gasteiger partial charge in [0.1, 0.15) is 0 Å². The first-order chi connectivity index (χ1) is 18.1. The molecule has 15 heteroatoms. The fourth-order valence-electron chi connectivity index (χ4n) is 2.58. The average molecular weight is 767 g/mol. The van der Waals surface area contributed by atoms with Crippen LogP contribution in [0.5, 0.6) is 0 Å². The summed E-state index contributed by atoms with van der Waals surface area (Å²) in [5.74, 6) is 0. The van der Waals surface area contributed by atoms with Crippen molar-refractivity contribution < 1.29 is 0 Å². The van der Waals surface area contributed by atoms with Gasteiger partial charge in [-0.1, -0.05) is 94.1 Å². The highest BCUT2D eigenvalue weighted by Gasteiger charge is 2.23. The van der Waals surface area contributed by atoms with Gasteiger partial charge in [-0.05, 0) is 61.0 Å². The molecule has 0 radical (unpaired) electrons. The summed E-state index contributed by atoms with van der Waals surface area (Å²) in [4.78, 5) is 0. The fourth-order valence-corrected chi connectivity index (χ4v) is 21.5. The Morgan fingerprint density at radius 1 is 0.486 bits per heavy atom. The van der Waals surface area contributed by atoms with Crippen molar-refractivity contribution in [1.29, 1.82) is 0 Å². The largest absolute Gasteiger partial charge is 0.121 e. The highest BCUT2D eigenvalue weighted by molar-refractivity contribution is 8.43. The molecule has 0 saturated heterocycles. The van der Waals surface area contributed by atoms with Crippen LogP contribution >= 0.6 is 176 Å². The molecule has 0 aromatic rings. The van der Waals surface area contributed by atoms with Crippen molar-refractivity contribution in [2.75, 3.05) is 36.4 Å². The molecule has 37 heavy (non-hydrogen) atoms. The topological polar surface area (TPSA) is 0 Å². The number of thioether (sulfide) groups is 15. The second kappa shape index (κ2) is 17.5. The van der Waals surface area contributed by atoms with Crippen molar-refractivity contribution in [3.63, 3.8) is 0 Å². The van der Waals surface area contributed by atoms with Gasteiger partial charge in [0.2, 0.25) is 0 Å². The van der Waals surface area contributed by atoms with Gasteiger partial charge in [-0.3, -0.25) is 0 Å². The molecule has 200 valence electrons. The maximum Gasteiger partial charge on any atom is 0.0667 e. The van der Waals surface area contributed by atoms with Gasteiger partial charge in [-0.2, -0.15) is 0 Å². The molecule has 0 aromatic carbocycles. The van der Waals surface area contributed by atoms with Crippen LogP contribution in [0, 0.1) is 0 Å². The van der Waals surface area contributed by atoms with Gasteiger partial charge in [0.25, 0.3) is 0 Å². The molecule has 4 aliphatic heterocycles. The van der Waals surface area contributed by atoms with Crippen LogP contribution in [0.2, 0.25) is 0 Å². The van der Waals surface area contributed by atoms with Gasteiger partial charge in [0.05, 0.1) is 42.4 Å². The van der Waals surface area contributed by atoms with Gasteiger partial charge in [0.15, 0.2) is 0 Å². The van der Waals surface area contributed by atoms with Crippen molar-refractivity contribution >= 4 is 176 Å². The Kier molecular flexibility index (Phi) is 15.6. The third-order valence-electron chi connectivity index (χ3n) is 4.16. The number of rotatable bonds is 11. The van der Waals surface area contributed by atoms with Crippen LogP contribution in [-0.4, -0.2) is 36.4 Å². The quantitative estimate of drug-likeness (QED) is 0.183. The molecule has 0 saturated carbocycles. The third-order valence-corrected chi connectivity index (χ3v) is 23.4. The second-order valence-corrected chi connectivity index (χ2v) is 24.0. The molecule has 0 aromatic heterocycles. The van der Waals surface area contributed by atoms with Gasteiger partial charge < -0.3 is 0 Å². The predicted molar refractivity (Wildman–Crippen MR) is 210 cm³/mol. The lowest BCUT2D eigenvalue weighted by molar-refractivity contribution is 2.05. The summed E-state index contributed by atoms with van der Waals surface area (Å²) in [7, 11) is 0. The zero-order chi connectivity index (χ0) is 26.2. The van der Waals surface area contributed by atoms with E-state index in [0.29, 0.717) is 0 Å². The van der Waals surface area contributed by atoms with Gasteiger partial charge in [-0.15, -0.1) is 82.3 Å². The molecule has 0 aliphatic carbocycles. The Balaban J connectivity index is 1.22. The molecule has 4 heterocycles. The highest BCUT2D eigenvalue weighted by atomic mass is 32.3. The van der Waals surface area contributed by atoms with Crippen molar-refractivity contribution in [3.05, 3.63) is 76.3 Å². The first-order valence-electron chi connectivity index (χ1n) is 10.2. The summed E-state index contributed by atoms with van der Waals surface area (Å²) in [5.41, 5.74) is 0. The monoisotopic (exact) mass is 766 g/mol. The Hall–Kier alpha value is 3.17. The molecular weight excluding hydrogens is 745 g/mol.